The minimum atomic E-state index is -0.384. The molecular formula is C20H25N5O3. The highest BCUT2D eigenvalue weighted by atomic mass is 16.5. The highest BCUT2D eigenvalue weighted by molar-refractivity contribution is 5.99. The van der Waals surface area contributed by atoms with E-state index in [1.165, 1.54) is 6.92 Å². The second kappa shape index (κ2) is 10.8. The van der Waals surface area contributed by atoms with E-state index >= 15 is 0 Å². The zero-order chi connectivity index (χ0) is 20.4. The second-order valence-electron chi connectivity index (χ2n) is 5.95. The summed E-state index contributed by atoms with van der Waals surface area (Å²) in [5.41, 5.74) is 11.5. The van der Waals surface area contributed by atoms with Crippen LogP contribution < -0.4 is 15.9 Å². The van der Waals surface area contributed by atoms with Crippen LogP contribution in [0.4, 0.5) is 5.69 Å². The van der Waals surface area contributed by atoms with Gasteiger partial charge in [0.2, 0.25) is 0 Å². The number of methoxy groups -OCH3 is 1. The van der Waals surface area contributed by atoms with Crippen molar-refractivity contribution in [3.63, 3.8) is 0 Å². The van der Waals surface area contributed by atoms with Crippen LogP contribution in [0.25, 0.3) is 5.70 Å². The number of hydrogen-bond acceptors (Lipinski definition) is 7. The number of rotatable bonds is 9. The first-order valence-electron chi connectivity index (χ1n) is 8.69. The van der Waals surface area contributed by atoms with E-state index < -0.39 is 0 Å². The Bertz CT molecular complexity index is 837. The van der Waals surface area contributed by atoms with E-state index in [-0.39, 0.29) is 5.97 Å². The Balaban J connectivity index is 2.33. The summed E-state index contributed by atoms with van der Waals surface area (Å²) in [6.45, 7) is 2.57. The van der Waals surface area contributed by atoms with Gasteiger partial charge in [-0.15, -0.1) is 0 Å². The van der Waals surface area contributed by atoms with Crippen LogP contribution in [0.15, 0.2) is 59.9 Å². The summed E-state index contributed by atoms with van der Waals surface area (Å²) >= 11 is 0. The second-order valence-corrected chi connectivity index (χ2v) is 5.95. The van der Waals surface area contributed by atoms with Gasteiger partial charge >= 0.3 is 5.97 Å². The SMILES string of the molecule is COCCN(C)N/C(=C\C(N)=Nc1cccnc1)c1cccc(OC(C)=O)c1. The zero-order valence-electron chi connectivity index (χ0n) is 16.3. The van der Waals surface area contributed by atoms with Gasteiger partial charge in [0.15, 0.2) is 0 Å². The van der Waals surface area contributed by atoms with Crippen molar-refractivity contribution in [1.82, 2.24) is 15.4 Å². The molecule has 0 atom stereocenters. The Morgan fingerprint density at radius 2 is 2.18 bits per heavy atom. The van der Waals surface area contributed by atoms with E-state index in [9.17, 15) is 4.79 Å². The third kappa shape index (κ3) is 7.18. The summed E-state index contributed by atoms with van der Waals surface area (Å²) in [6.07, 6.45) is 5.01. The van der Waals surface area contributed by atoms with Crippen LogP contribution in [0, 0.1) is 0 Å². The van der Waals surface area contributed by atoms with Crippen LogP contribution in [0.3, 0.4) is 0 Å². The fourth-order valence-electron chi connectivity index (χ4n) is 2.31. The lowest BCUT2D eigenvalue weighted by Crippen LogP contribution is -2.36. The number of nitrogens with two attached hydrogens (primary N) is 1. The largest absolute Gasteiger partial charge is 0.427 e. The van der Waals surface area contributed by atoms with Crippen LogP contribution in [0.1, 0.15) is 12.5 Å². The highest BCUT2D eigenvalue weighted by Crippen LogP contribution is 2.19. The van der Waals surface area contributed by atoms with Gasteiger partial charge in [0.05, 0.1) is 24.2 Å². The van der Waals surface area contributed by atoms with Crippen molar-refractivity contribution in [3.8, 4) is 5.75 Å². The molecule has 0 aliphatic heterocycles. The number of benzene rings is 1. The van der Waals surface area contributed by atoms with Crippen molar-refractivity contribution in [1.29, 1.82) is 0 Å². The Kier molecular flexibility index (Phi) is 8.13. The molecule has 0 saturated carbocycles. The van der Waals surface area contributed by atoms with Crippen LogP contribution in [-0.2, 0) is 9.53 Å². The standard InChI is InChI=1S/C20H25N5O3/c1-15(26)28-18-8-4-6-16(12-18)19(24-25(2)10-11-27-3)13-20(21)23-17-7-5-9-22-14-17/h4-9,12-14,24H,10-11H2,1-3H3,(H2,21,23)/b19-13-. The van der Waals surface area contributed by atoms with Gasteiger partial charge < -0.3 is 20.6 Å². The van der Waals surface area contributed by atoms with Crippen molar-refractivity contribution >= 4 is 23.2 Å². The highest BCUT2D eigenvalue weighted by Gasteiger charge is 2.08. The number of hydrogen-bond donors (Lipinski definition) is 2. The first-order valence-corrected chi connectivity index (χ1v) is 8.69. The fraction of sp³-hybridized carbons (Fsp3) is 0.250. The molecule has 0 amide bonds. The molecule has 148 valence electrons. The number of nitrogens with zero attached hydrogens (tertiary/aromatic N) is 3. The molecule has 0 unspecified atom stereocenters. The first kappa shape index (κ1) is 21.1. The van der Waals surface area contributed by atoms with Crippen molar-refractivity contribution in [2.75, 3.05) is 27.3 Å². The van der Waals surface area contributed by atoms with Gasteiger partial charge in [0.25, 0.3) is 0 Å². The minimum absolute atomic E-state index is 0.300. The number of aromatic nitrogens is 1. The molecule has 3 N–H and O–H groups in total. The number of ether oxygens (including phenoxy) is 2. The molecule has 8 nitrogen and oxygen atoms in total. The van der Waals surface area contributed by atoms with E-state index in [1.54, 1.807) is 49.8 Å². The van der Waals surface area contributed by atoms with Crippen LogP contribution >= 0.6 is 0 Å². The van der Waals surface area contributed by atoms with Crippen molar-refractivity contribution in [2.24, 2.45) is 10.7 Å². The number of carbonyl (C=O) groups is 1. The normalized spacial score (nSPS) is 12.1. The van der Waals surface area contributed by atoms with E-state index in [0.717, 1.165) is 5.56 Å². The Hall–Kier alpha value is -3.23. The van der Waals surface area contributed by atoms with Gasteiger partial charge in [-0.1, -0.05) is 12.1 Å². The maximum Gasteiger partial charge on any atom is 0.308 e. The molecule has 1 aromatic heterocycles. The Morgan fingerprint density at radius 1 is 1.36 bits per heavy atom. The number of pyridine rings is 1. The van der Waals surface area contributed by atoms with Crippen molar-refractivity contribution in [3.05, 3.63) is 60.4 Å². The summed E-state index contributed by atoms with van der Waals surface area (Å²) in [4.78, 5) is 19.6. The van der Waals surface area contributed by atoms with Crippen molar-refractivity contribution in [2.45, 2.75) is 6.92 Å². The van der Waals surface area contributed by atoms with Gasteiger partial charge in [-0.05, 0) is 24.3 Å². The molecule has 0 aliphatic rings. The van der Waals surface area contributed by atoms with Crippen LogP contribution in [0.5, 0.6) is 5.75 Å². The molecule has 1 heterocycles. The number of nitrogens with one attached hydrogen (secondary N) is 1. The molecule has 0 spiro atoms. The molecule has 1 aromatic carbocycles. The molecule has 0 fully saturated rings. The summed E-state index contributed by atoms with van der Waals surface area (Å²) < 4.78 is 10.3. The lowest BCUT2D eigenvalue weighted by molar-refractivity contribution is -0.131. The molecule has 8 heteroatoms. The molecular weight excluding hydrogens is 358 g/mol. The fourth-order valence-corrected chi connectivity index (χ4v) is 2.31. The van der Waals surface area contributed by atoms with Gasteiger partial charge in [-0.3, -0.25) is 9.78 Å². The Morgan fingerprint density at radius 3 is 2.86 bits per heavy atom. The Labute approximate surface area is 164 Å². The van der Waals surface area contributed by atoms with E-state index in [0.29, 0.717) is 36.1 Å². The van der Waals surface area contributed by atoms with Crippen LogP contribution in [-0.4, -0.2) is 49.1 Å². The molecule has 0 radical (unpaired) electrons. The topological polar surface area (TPSA) is 102 Å². The van der Waals surface area contributed by atoms with Crippen LogP contribution in [0.2, 0.25) is 0 Å². The van der Waals surface area contributed by atoms with Gasteiger partial charge in [-0.2, -0.15) is 0 Å². The number of likely N-dealkylation sites (N-methyl/N-ethyl adjacent to an activating group) is 1. The quantitative estimate of drug-likeness (QED) is 0.225. The number of carbonyl (C=O) groups excluding carboxylic acids is 1. The number of aliphatic imine (C=N–C) groups is 1. The average Bonchev–Trinajstić information content (AvgIpc) is 2.66. The number of amidine groups is 1. The molecule has 28 heavy (non-hydrogen) atoms. The molecule has 2 rings (SSSR count). The molecule has 0 bridgehead atoms. The van der Waals surface area contributed by atoms with Crippen molar-refractivity contribution < 1.29 is 14.3 Å². The van der Waals surface area contributed by atoms with E-state index in [4.69, 9.17) is 15.2 Å². The predicted octanol–water partition coefficient (Wildman–Crippen LogP) is 2.12. The summed E-state index contributed by atoms with van der Waals surface area (Å²) in [7, 11) is 3.53. The zero-order valence-corrected chi connectivity index (χ0v) is 16.3. The number of esters is 1. The average molecular weight is 383 g/mol. The summed E-state index contributed by atoms with van der Waals surface area (Å²) in [5, 5.41) is 1.87. The lowest BCUT2D eigenvalue weighted by atomic mass is 10.1. The van der Waals surface area contributed by atoms with E-state index in [2.05, 4.69) is 15.4 Å². The molecule has 0 saturated heterocycles. The van der Waals surface area contributed by atoms with Gasteiger partial charge in [-0.25, -0.2) is 10.0 Å². The maximum atomic E-state index is 11.3. The minimum Gasteiger partial charge on any atom is -0.427 e. The third-order valence-corrected chi connectivity index (χ3v) is 3.55. The monoisotopic (exact) mass is 383 g/mol. The van der Waals surface area contributed by atoms with E-state index in [1.807, 2.05) is 24.2 Å². The first-order chi connectivity index (χ1) is 13.5. The summed E-state index contributed by atoms with van der Waals surface area (Å²) in [6, 6.07) is 10.7. The third-order valence-electron chi connectivity index (χ3n) is 3.55. The maximum absolute atomic E-state index is 11.3. The lowest BCUT2D eigenvalue weighted by Gasteiger charge is -2.21. The molecule has 0 aliphatic carbocycles. The predicted molar refractivity (Wildman–Crippen MR) is 109 cm³/mol. The van der Waals surface area contributed by atoms with Gasteiger partial charge in [0.1, 0.15) is 11.6 Å². The molecule has 2 aromatic rings. The van der Waals surface area contributed by atoms with Gasteiger partial charge in [0, 0.05) is 45.5 Å². The summed E-state index contributed by atoms with van der Waals surface area (Å²) in [5.74, 6) is 0.360. The smallest absolute Gasteiger partial charge is 0.308 e. The number of hydrazine groups is 1.